The van der Waals surface area contributed by atoms with Crippen molar-refractivity contribution in [1.82, 2.24) is 5.32 Å². The first kappa shape index (κ1) is 18.9. The third-order valence-electron chi connectivity index (χ3n) is 4.48. The molecular formula is C17H26ClFN2O. The first-order valence-electron chi connectivity index (χ1n) is 7.89. The molecule has 0 atom stereocenters. The van der Waals surface area contributed by atoms with E-state index in [1.807, 2.05) is 6.07 Å². The van der Waals surface area contributed by atoms with Crippen LogP contribution in [0.2, 0.25) is 0 Å². The Morgan fingerprint density at radius 3 is 2.64 bits per heavy atom. The molecule has 1 saturated carbocycles. The topological polar surface area (TPSA) is 55.1 Å². The number of rotatable bonds is 6. The van der Waals surface area contributed by atoms with E-state index in [2.05, 4.69) is 5.32 Å². The fraction of sp³-hybridized carbons (Fsp3) is 0.588. The van der Waals surface area contributed by atoms with Gasteiger partial charge in [0.25, 0.3) is 0 Å². The summed E-state index contributed by atoms with van der Waals surface area (Å²) in [7, 11) is 0. The molecule has 124 valence electrons. The van der Waals surface area contributed by atoms with Gasteiger partial charge in [0.05, 0.1) is 0 Å². The second kappa shape index (κ2) is 9.11. The molecule has 0 aliphatic heterocycles. The van der Waals surface area contributed by atoms with E-state index >= 15 is 0 Å². The first-order chi connectivity index (χ1) is 10.2. The SMILES string of the molecule is Cl.NCCCC(=O)NCC1(c2cccc(F)c2)CCCCC1. The maximum Gasteiger partial charge on any atom is 0.220 e. The second-order valence-corrected chi connectivity index (χ2v) is 6.02. The Morgan fingerprint density at radius 1 is 1.27 bits per heavy atom. The lowest BCUT2D eigenvalue weighted by Gasteiger charge is -2.38. The Morgan fingerprint density at radius 2 is 2.00 bits per heavy atom. The molecule has 2 rings (SSSR count). The molecule has 3 nitrogen and oxygen atoms in total. The van der Waals surface area contributed by atoms with Crippen LogP contribution >= 0.6 is 12.4 Å². The average molecular weight is 329 g/mol. The minimum atomic E-state index is -0.202. The van der Waals surface area contributed by atoms with E-state index < -0.39 is 0 Å². The summed E-state index contributed by atoms with van der Waals surface area (Å²) in [5, 5.41) is 3.03. The molecule has 1 fully saturated rings. The van der Waals surface area contributed by atoms with Gasteiger partial charge >= 0.3 is 0 Å². The summed E-state index contributed by atoms with van der Waals surface area (Å²) in [6.45, 7) is 1.13. The molecule has 1 aromatic carbocycles. The minimum Gasteiger partial charge on any atom is -0.355 e. The highest BCUT2D eigenvalue weighted by Crippen LogP contribution is 2.39. The van der Waals surface area contributed by atoms with Gasteiger partial charge in [-0.15, -0.1) is 12.4 Å². The lowest BCUT2D eigenvalue weighted by atomic mass is 9.69. The van der Waals surface area contributed by atoms with Crippen molar-refractivity contribution in [3.8, 4) is 0 Å². The Labute approximate surface area is 138 Å². The van der Waals surface area contributed by atoms with Gasteiger partial charge in [0, 0.05) is 18.4 Å². The Kier molecular flexibility index (Phi) is 7.83. The van der Waals surface area contributed by atoms with E-state index in [1.54, 1.807) is 12.1 Å². The van der Waals surface area contributed by atoms with Crippen molar-refractivity contribution < 1.29 is 9.18 Å². The van der Waals surface area contributed by atoms with E-state index in [4.69, 9.17) is 5.73 Å². The minimum absolute atomic E-state index is 0. The smallest absolute Gasteiger partial charge is 0.220 e. The molecule has 1 aliphatic rings. The number of nitrogens with one attached hydrogen (secondary N) is 1. The van der Waals surface area contributed by atoms with E-state index in [9.17, 15) is 9.18 Å². The number of nitrogens with two attached hydrogens (primary N) is 1. The highest BCUT2D eigenvalue weighted by Gasteiger charge is 2.34. The first-order valence-corrected chi connectivity index (χ1v) is 7.89. The third kappa shape index (κ3) is 4.96. The van der Waals surface area contributed by atoms with Crippen LogP contribution < -0.4 is 11.1 Å². The second-order valence-electron chi connectivity index (χ2n) is 6.02. The molecule has 5 heteroatoms. The van der Waals surface area contributed by atoms with Gasteiger partial charge in [-0.25, -0.2) is 4.39 Å². The summed E-state index contributed by atoms with van der Waals surface area (Å²) < 4.78 is 13.6. The van der Waals surface area contributed by atoms with E-state index in [0.29, 0.717) is 25.9 Å². The van der Waals surface area contributed by atoms with Crippen molar-refractivity contribution >= 4 is 18.3 Å². The van der Waals surface area contributed by atoms with Crippen molar-refractivity contribution in [3.05, 3.63) is 35.6 Å². The highest BCUT2D eigenvalue weighted by molar-refractivity contribution is 5.85. The normalized spacial score (nSPS) is 16.6. The van der Waals surface area contributed by atoms with E-state index in [-0.39, 0.29) is 29.5 Å². The Hall–Kier alpha value is -1.13. The Balaban J connectivity index is 0.00000242. The molecule has 0 heterocycles. The van der Waals surface area contributed by atoms with Gasteiger partial charge in [-0.2, -0.15) is 0 Å². The zero-order chi connectivity index (χ0) is 15.1. The lowest BCUT2D eigenvalue weighted by Crippen LogP contribution is -2.42. The molecular weight excluding hydrogens is 303 g/mol. The lowest BCUT2D eigenvalue weighted by molar-refractivity contribution is -0.121. The van der Waals surface area contributed by atoms with Gasteiger partial charge < -0.3 is 11.1 Å². The largest absolute Gasteiger partial charge is 0.355 e. The van der Waals surface area contributed by atoms with Gasteiger partial charge in [0.1, 0.15) is 5.82 Å². The molecule has 1 amide bonds. The molecule has 1 aromatic rings. The van der Waals surface area contributed by atoms with E-state index in [0.717, 1.165) is 31.2 Å². The summed E-state index contributed by atoms with van der Waals surface area (Å²) in [4.78, 5) is 11.8. The van der Waals surface area contributed by atoms with Gasteiger partial charge in [-0.1, -0.05) is 31.4 Å². The molecule has 1 aliphatic carbocycles. The van der Waals surface area contributed by atoms with Crippen LogP contribution in [0.4, 0.5) is 4.39 Å². The quantitative estimate of drug-likeness (QED) is 0.841. The molecule has 0 spiro atoms. The fourth-order valence-electron chi connectivity index (χ4n) is 3.23. The van der Waals surface area contributed by atoms with E-state index in [1.165, 1.54) is 12.5 Å². The van der Waals surface area contributed by atoms with Crippen molar-refractivity contribution in [2.45, 2.75) is 50.4 Å². The summed E-state index contributed by atoms with van der Waals surface area (Å²) in [6, 6.07) is 6.84. The van der Waals surface area contributed by atoms with Crippen LogP contribution in [-0.2, 0) is 10.2 Å². The molecule has 3 N–H and O–H groups in total. The monoisotopic (exact) mass is 328 g/mol. The maximum absolute atomic E-state index is 13.6. The van der Waals surface area contributed by atoms with Gasteiger partial charge in [-0.05, 0) is 43.5 Å². The number of benzene rings is 1. The van der Waals surface area contributed by atoms with Crippen LogP contribution in [0.1, 0.15) is 50.5 Å². The molecule has 0 bridgehead atoms. The van der Waals surface area contributed by atoms with Crippen molar-refractivity contribution in [3.63, 3.8) is 0 Å². The molecule has 0 unspecified atom stereocenters. The van der Waals surface area contributed by atoms with Crippen molar-refractivity contribution in [2.75, 3.05) is 13.1 Å². The predicted octanol–water partition coefficient (Wildman–Crippen LogP) is 3.30. The number of hydrogen-bond acceptors (Lipinski definition) is 2. The number of halogens is 2. The molecule has 22 heavy (non-hydrogen) atoms. The highest BCUT2D eigenvalue weighted by atomic mass is 35.5. The molecule has 0 radical (unpaired) electrons. The van der Waals surface area contributed by atoms with Crippen molar-refractivity contribution in [2.24, 2.45) is 5.73 Å². The summed E-state index contributed by atoms with van der Waals surface area (Å²) in [5.41, 5.74) is 6.33. The zero-order valence-electron chi connectivity index (χ0n) is 12.9. The number of carbonyl (C=O) groups excluding carboxylic acids is 1. The van der Waals surface area contributed by atoms with Crippen LogP contribution in [0, 0.1) is 5.82 Å². The van der Waals surface area contributed by atoms with Gasteiger partial charge in [0.2, 0.25) is 5.91 Å². The van der Waals surface area contributed by atoms with Crippen LogP contribution in [0.25, 0.3) is 0 Å². The van der Waals surface area contributed by atoms with Crippen LogP contribution in [0.3, 0.4) is 0 Å². The average Bonchev–Trinajstić information content (AvgIpc) is 2.52. The third-order valence-corrected chi connectivity index (χ3v) is 4.48. The number of hydrogen-bond donors (Lipinski definition) is 2. The van der Waals surface area contributed by atoms with Gasteiger partial charge in [-0.3, -0.25) is 4.79 Å². The Bertz CT molecular complexity index is 475. The number of amides is 1. The predicted molar refractivity (Wildman–Crippen MR) is 89.7 cm³/mol. The van der Waals surface area contributed by atoms with Gasteiger partial charge in [0.15, 0.2) is 0 Å². The van der Waals surface area contributed by atoms with Crippen LogP contribution in [0.5, 0.6) is 0 Å². The fourth-order valence-corrected chi connectivity index (χ4v) is 3.23. The molecule has 0 saturated heterocycles. The standard InChI is InChI=1S/C17H25FN2O.ClH/c18-15-7-4-6-14(12-15)17(9-2-1-3-10-17)13-20-16(21)8-5-11-19;/h4,6-7,12H,1-3,5,8-11,13,19H2,(H,20,21);1H. The summed E-state index contributed by atoms with van der Waals surface area (Å²) >= 11 is 0. The van der Waals surface area contributed by atoms with Crippen LogP contribution in [0.15, 0.2) is 24.3 Å². The maximum atomic E-state index is 13.6. The number of carbonyl (C=O) groups is 1. The van der Waals surface area contributed by atoms with Crippen LogP contribution in [-0.4, -0.2) is 19.0 Å². The van der Waals surface area contributed by atoms with Crippen molar-refractivity contribution in [1.29, 1.82) is 0 Å². The zero-order valence-corrected chi connectivity index (χ0v) is 13.8. The summed E-state index contributed by atoms with van der Waals surface area (Å²) in [6.07, 6.45) is 6.68. The molecule has 0 aromatic heterocycles. The summed E-state index contributed by atoms with van der Waals surface area (Å²) in [5.74, 6) is -0.159.